The van der Waals surface area contributed by atoms with Crippen LogP contribution in [-0.4, -0.2) is 37.8 Å². The summed E-state index contributed by atoms with van der Waals surface area (Å²) in [5, 5.41) is 0. The van der Waals surface area contributed by atoms with Crippen molar-refractivity contribution < 1.29 is 14.3 Å². The van der Waals surface area contributed by atoms with Crippen molar-refractivity contribution in [1.82, 2.24) is 4.98 Å². The molecular formula is C14H20N2O3. The number of anilines is 1. The van der Waals surface area contributed by atoms with E-state index in [1.165, 1.54) is 7.11 Å². The molecule has 5 heteroatoms. The fourth-order valence-electron chi connectivity index (χ4n) is 2.47. The molecule has 0 bridgehead atoms. The number of piperidine rings is 1. The number of nitrogens with zero attached hydrogens (tertiary/aromatic N) is 2. The first-order valence-electron chi connectivity index (χ1n) is 6.59. The van der Waals surface area contributed by atoms with Crippen molar-refractivity contribution in [2.45, 2.75) is 31.7 Å². The molecule has 104 valence electrons. The Hall–Kier alpha value is -1.78. The van der Waals surface area contributed by atoms with E-state index >= 15 is 0 Å². The summed E-state index contributed by atoms with van der Waals surface area (Å²) in [7, 11) is 3.04. The van der Waals surface area contributed by atoms with Crippen LogP contribution >= 0.6 is 0 Å². The monoisotopic (exact) mass is 264 g/mol. The molecule has 1 aliphatic heterocycles. The number of ether oxygens (including phenoxy) is 2. The standard InChI is InChI=1S/C14H20N2O3/c1-18-13-8-5-7-12(15-13)16-9-4-3-6-11(16)10-14(17)19-2/h5,7-8,11H,3-4,6,9-10H2,1-2H3. The lowest BCUT2D eigenvalue weighted by Crippen LogP contribution is -2.41. The molecule has 1 unspecified atom stereocenters. The van der Waals surface area contributed by atoms with E-state index in [1.807, 2.05) is 18.2 Å². The van der Waals surface area contributed by atoms with E-state index in [4.69, 9.17) is 9.47 Å². The largest absolute Gasteiger partial charge is 0.481 e. The normalized spacial score (nSPS) is 19.1. The smallest absolute Gasteiger partial charge is 0.307 e. The second-order valence-corrected chi connectivity index (χ2v) is 4.66. The van der Waals surface area contributed by atoms with Crippen LogP contribution in [0.3, 0.4) is 0 Å². The maximum atomic E-state index is 11.5. The predicted octanol–water partition coefficient (Wildman–Crippen LogP) is 2.01. The highest BCUT2D eigenvalue weighted by atomic mass is 16.5. The Morgan fingerprint density at radius 3 is 3.00 bits per heavy atom. The van der Waals surface area contributed by atoms with Gasteiger partial charge in [-0.3, -0.25) is 4.79 Å². The zero-order valence-electron chi connectivity index (χ0n) is 11.5. The maximum Gasteiger partial charge on any atom is 0.307 e. The molecule has 1 saturated heterocycles. The van der Waals surface area contributed by atoms with Gasteiger partial charge in [-0.05, 0) is 25.3 Å². The lowest BCUT2D eigenvalue weighted by molar-refractivity contribution is -0.141. The fraction of sp³-hybridized carbons (Fsp3) is 0.571. The highest BCUT2D eigenvalue weighted by Gasteiger charge is 2.26. The molecule has 2 heterocycles. The molecule has 0 aromatic carbocycles. The van der Waals surface area contributed by atoms with Crippen LogP contribution in [-0.2, 0) is 9.53 Å². The van der Waals surface area contributed by atoms with E-state index in [9.17, 15) is 4.79 Å². The molecule has 0 spiro atoms. The maximum absolute atomic E-state index is 11.5. The fourth-order valence-corrected chi connectivity index (χ4v) is 2.47. The minimum Gasteiger partial charge on any atom is -0.481 e. The van der Waals surface area contributed by atoms with E-state index in [0.29, 0.717) is 12.3 Å². The van der Waals surface area contributed by atoms with Gasteiger partial charge in [0.15, 0.2) is 0 Å². The lowest BCUT2D eigenvalue weighted by atomic mass is 9.99. The van der Waals surface area contributed by atoms with Crippen LogP contribution in [0.5, 0.6) is 5.88 Å². The molecule has 19 heavy (non-hydrogen) atoms. The number of rotatable bonds is 4. The number of carbonyl (C=O) groups is 1. The van der Waals surface area contributed by atoms with Crippen LogP contribution in [0.4, 0.5) is 5.82 Å². The number of carbonyl (C=O) groups excluding carboxylic acids is 1. The van der Waals surface area contributed by atoms with Gasteiger partial charge in [0.2, 0.25) is 5.88 Å². The zero-order valence-corrected chi connectivity index (χ0v) is 11.5. The Balaban J connectivity index is 2.15. The van der Waals surface area contributed by atoms with Crippen LogP contribution in [0.25, 0.3) is 0 Å². The molecule has 0 amide bonds. The molecule has 1 atom stereocenters. The van der Waals surface area contributed by atoms with Crippen molar-refractivity contribution in [3.63, 3.8) is 0 Å². The van der Waals surface area contributed by atoms with Gasteiger partial charge in [0, 0.05) is 18.7 Å². The third-order valence-electron chi connectivity index (χ3n) is 3.47. The Labute approximate surface area is 113 Å². The quantitative estimate of drug-likeness (QED) is 0.779. The molecule has 0 radical (unpaired) electrons. The van der Waals surface area contributed by atoms with E-state index in [-0.39, 0.29) is 12.0 Å². The molecule has 0 aliphatic carbocycles. The lowest BCUT2D eigenvalue weighted by Gasteiger charge is -2.36. The Morgan fingerprint density at radius 2 is 2.26 bits per heavy atom. The van der Waals surface area contributed by atoms with Crippen molar-refractivity contribution in [1.29, 1.82) is 0 Å². The van der Waals surface area contributed by atoms with E-state index < -0.39 is 0 Å². The first kappa shape index (κ1) is 13.6. The molecule has 1 aromatic rings. The average molecular weight is 264 g/mol. The first-order chi connectivity index (χ1) is 9.24. The van der Waals surface area contributed by atoms with Crippen LogP contribution in [0.1, 0.15) is 25.7 Å². The summed E-state index contributed by atoms with van der Waals surface area (Å²) in [6, 6.07) is 5.87. The topological polar surface area (TPSA) is 51.7 Å². The third-order valence-corrected chi connectivity index (χ3v) is 3.47. The molecule has 1 aromatic heterocycles. The van der Waals surface area contributed by atoms with E-state index in [1.54, 1.807) is 7.11 Å². The second kappa shape index (κ2) is 6.41. The van der Waals surface area contributed by atoms with Gasteiger partial charge in [0.1, 0.15) is 5.82 Å². The van der Waals surface area contributed by atoms with Crippen molar-refractivity contribution in [2.75, 3.05) is 25.7 Å². The van der Waals surface area contributed by atoms with Crippen LogP contribution < -0.4 is 9.64 Å². The van der Waals surface area contributed by atoms with Crippen molar-refractivity contribution in [2.24, 2.45) is 0 Å². The van der Waals surface area contributed by atoms with Gasteiger partial charge in [0.25, 0.3) is 0 Å². The van der Waals surface area contributed by atoms with Gasteiger partial charge >= 0.3 is 5.97 Å². The molecule has 1 aliphatic rings. The summed E-state index contributed by atoms with van der Waals surface area (Å²) >= 11 is 0. The Morgan fingerprint density at radius 1 is 1.42 bits per heavy atom. The summed E-state index contributed by atoms with van der Waals surface area (Å²) in [5.74, 6) is 1.30. The summed E-state index contributed by atoms with van der Waals surface area (Å²) in [6.07, 6.45) is 3.67. The van der Waals surface area contributed by atoms with E-state index in [0.717, 1.165) is 31.6 Å². The van der Waals surface area contributed by atoms with Crippen LogP contribution in [0.15, 0.2) is 18.2 Å². The van der Waals surface area contributed by atoms with Gasteiger partial charge in [-0.15, -0.1) is 0 Å². The first-order valence-corrected chi connectivity index (χ1v) is 6.59. The third kappa shape index (κ3) is 3.36. The summed E-state index contributed by atoms with van der Waals surface area (Å²) in [5.41, 5.74) is 0. The second-order valence-electron chi connectivity index (χ2n) is 4.66. The molecule has 5 nitrogen and oxygen atoms in total. The summed E-state index contributed by atoms with van der Waals surface area (Å²) in [6.45, 7) is 0.918. The number of methoxy groups -OCH3 is 2. The minimum absolute atomic E-state index is 0.167. The molecule has 0 N–H and O–H groups in total. The van der Waals surface area contributed by atoms with E-state index in [2.05, 4.69) is 9.88 Å². The summed E-state index contributed by atoms with van der Waals surface area (Å²) < 4.78 is 9.93. The highest BCUT2D eigenvalue weighted by molar-refractivity contribution is 5.70. The number of hydrogen-bond donors (Lipinski definition) is 0. The number of esters is 1. The van der Waals surface area contributed by atoms with Crippen LogP contribution in [0, 0.1) is 0 Å². The molecule has 2 rings (SSSR count). The van der Waals surface area contributed by atoms with Gasteiger partial charge in [-0.1, -0.05) is 6.07 Å². The molecule has 0 saturated carbocycles. The zero-order chi connectivity index (χ0) is 13.7. The van der Waals surface area contributed by atoms with Gasteiger partial charge < -0.3 is 14.4 Å². The van der Waals surface area contributed by atoms with Crippen molar-refractivity contribution in [3.8, 4) is 5.88 Å². The number of pyridine rings is 1. The van der Waals surface area contributed by atoms with Crippen LogP contribution in [0.2, 0.25) is 0 Å². The summed E-state index contributed by atoms with van der Waals surface area (Å²) in [4.78, 5) is 18.1. The number of hydrogen-bond acceptors (Lipinski definition) is 5. The van der Waals surface area contributed by atoms with Gasteiger partial charge in [-0.2, -0.15) is 4.98 Å². The van der Waals surface area contributed by atoms with Gasteiger partial charge in [0.05, 0.1) is 20.6 Å². The number of aromatic nitrogens is 1. The van der Waals surface area contributed by atoms with Gasteiger partial charge in [-0.25, -0.2) is 0 Å². The Kier molecular flexibility index (Phi) is 4.60. The highest BCUT2D eigenvalue weighted by Crippen LogP contribution is 2.26. The predicted molar refractivity (Wildman–Crippen MR) is 72.4 cm³/mol. The average Bonchev–Trinajstić information content (AvgIpc) is 2.47. The Bertz CT molecular complexity index is 436. The molecule has 1 fully saturated rings. The SMILES string of the molecule is COC(=O)CC1CCCCN1c1cccc(OC)n1. The van der Waals surface area contributed by atoms with Crippen molar-refractivity contribution >= 4 is 11.8 Å². The molecular weight excluding hydrogens is 244 g/mol. The minimum atomic E-state index is -0.167. The van der Waals surface area contributed by atoms with Crippen molar-refractivity contribution in [3.05, 3.63) is 18.2 Å².